The Morgan fingerprint density at radius 3 is 2.82 bits per heavy atom. The maximum absolute atomic E-state index is 12.0. The van der Waals surface area contributed by atoms with Crippen LogP contribution in [0.2, 0.25) is 5.02 Å². The number of rotatable bonds is 8. The van der Waals surface area contributed by atoms with E-state index >= 15 is 0 Å². The van der Waals surface area contributed by atoms with Gasteiger partial charge in [0.25, 0.3) is 5.91 Å². The fourth-order valence-corrected chi connectivity index (χ4v) is 5.28. The molecule has 4 rings (SSSR count). The average molecular weight is 477 g/mol. The van der Waals surface area contributed by atoms with E-state index < -0.39 is 0 Å². The molecule has 1 saturated carbocycles. The second-order valence-corrected chi connectivity index (χ2v) is 9.97. The Morgan fingerprint density at radius 2 is 2.03 bits per heavy atom. The molecule has 1 amide bonds. The molecule has 2 aliphatic heterocycles. The van der Waals surface area contributed by atoms with Crippen molar-refractivity contribution in [3.05, 3.63) is 28.9 Å². The van der Waals surface area contributed by atoms with Gasteiger partial charge in [0.05, 0.1) is 5.02 Å². The molecule has 0 spiro atoms. The minimum atomic E-state index is -0.365. The standard InChI is InChI=1S/C25H37ClN4O3/c26-22-15-20(11-12-23(31)29-33-24-10-4-5-14-32-24)16-27-25(22)28-21-9-6-13-30(18-21)17-19-7-2-1-3-8-19/h11-12,15-16,19,21,24H,1-10,13-14,17-18H2,(H,27,28)(H,29,31)/b12-11+/t21-,24?/m1/s1. The van der Waals surface area contributed by atoms with Crippen molar-refractivity contribution in [1.82, 2.24) is 15.4 Å². The van der Waals surface area contributed by atoms with E-state index in [0.717, 1.165) is 43.7 Å². The molecule has 0 aromatic carbocycles. The summed E-state index contributed by atoms with van der Waals surface area (Å²) >= 11 is 6.50. The molecule has 2 N–H and O–H groups in total. The third-order valence-electron chi connectivity index (χ3n) is 6.81. The van der Waals surface area contributed by atoms with Crippen molar-refractivity contribution in [3.63, 3.8) is 0 Å². The highest BCUT2D eigenvalue weighted by molar-refractivity contribution is 6.33. The van der Waals surface area contributed by atoms with Crippen molar-refractivity contribution in [2.24, 2.45) is 5.92 Å². The first kappa shape index (κ1) is 24.5. The molecule has 3 aliphatic rings. The van der Waals surface area contributed by atoms with Crippen LogP contribution in [0, 0.1) is 5.92 Å². The third-order valence-corrected chi connectivity index (χ3v) is 7.09. The molecule has 3 heterocycles. The Morgan fingerprint density at radius 1 is 1.18 bits per heavy atom. The van der Waals surface area contributed by atoms with E-state index in [1.165, 1.54) is 57.7 Å². The lowest BCUT2D eigenvalue weighted by Gasteiger charge is -2.36. The molecule has 33 heavy (non-hydrogen) atoms. The van der Waals surface area contributed by atoms with Crippen LogP contribution in [0.15, 0.2) is 18.3 Å². The molecule has 0 radical (unpaired) electrons. The molecular weight excluding hydrogens is 440 g/mol. The lowest BCUT2D eigenvalue weighted by atomic mass is 9.88. The smallest absolute Gasteiger partial charge is 0.267 e. The number of pyridine rings is 1. The van der Waals surface area contributed by atoms with Crippen molar-refractivity contribution in [2.45, 2.75) is 76.5 Å². The maximum atomic E-state index is 12.0. The van der Waals surface area contributed by atoms with Crippen molar-refractivity contribution >= 4 is 29.4 Å². The first-order chi connectivity index (χ1) is 16.2. The number of carbonyl (C=O) groups excluding carboxylic acids is 1. The number of hydroxylamine groups is 1. The SMILES string of the molecule is O=C(/C=C/c1cnc(N[C@@H]2CCCN(CC3CCCCC3)C2)c(Cl)c1)NOC1CCCCO1. The molecule has 1 aromatic rings. The predicted molar refractivity (Wildman–Crippen MR) is 131 cm³/mol. The topological polar surface area (TPSA) is 75.7 Å². The van der Waals surface area contributed by atoms with E-state index in [1.54, 1.807) is 12.3 Å². The zero-order valence-electron chi connectivity index (χ0n) is 19.4. The number of nitrogens with one attached hydrogen (secondary N) is 2. The Bertz CT molecular complexity index is 794. The number of carbonyl (C=O) groups is 1. The van der Waals surface area contributed by atoms with Gasteiger partial charge in [0, 0.05) is 44.4 Å². The van der Waals surface area contributed by atoms with Crippen molar-refractivity contribution < 1.29 is 14.4 Å². The summed E-state index contributed by atoms with van der Waals surface area (Å²) in [4.78, 5) is 24.4. The van der Waals surface area contributed by atoms with Crippen LogP contribution in [0.1, 0.15) is 69.8 Å². The van der Waals surface area contributed by atoms with Gasteiger partial charge in [-0.25, -0.2) is 15.3 Å². The van der Waals surface area contributed by atoms with Crippen LogP contribution in [0.5, 0.6) is 0 Å². The minimum absolute atomic E-state index is 0.345. The minimum Gasteiger partial charge on any atom is -0.365 e. The Balaban J connectivity index is 1.23. The number of aromatic nitrogens is 1. The summed E-state index contributed by atoms with van der Waals surface area (Å²) in [5.74, 6) is 1.23. The van der Waals surface area contributed by atoms with E-state index in [2.05, 4.69) is 20.7 Å². The fraction of sp³-hybridized carbons (Fsp3) is 0.680. The highest BCUT2D eigenvalue weighted by Crippen LogP contribution is 2.27. The zero-order valence-corrected chi connectivity index (χ0v) is 20.2. The van der Waals surface area contributed by atoms with E-state index in [9.17, 15) is 4.79 Å². The second kappa shape index (κ2) is 12.7. The van der Waals surface area contributed by atoms with Crippen molar-refractivity contribution in [1.29, 1.82) is 0 Å². The molecule has 1 unspecified atom stereocenters. The highest BCUT2D eigenvalue weighted by Gasteiger charge is 2.24. The summed E-state index contributed by atoms with van der Waals surface area (Å²) < 4.78 is 5.43. The van der Waals surface area contributed by atoms with Gasteiger partial charge in [0.15, 0.2) is 6.29 Å². The summed E-state index contributed by atoms with van der Waals surface area (Å²) in [7, 11) is 0. The van der Waals surface area contributed by atoms with E-state index in [1.807, 2.05) is 6.07 Å². The predicted octanol–water partition coefficient (Wildman–Crippen LogP) is 4.78. The summed E-state index contributed by atoms with van der Waals surface area (Å²) in [6.45, 7) is 4.13. The number of likely N-dealkylation sites (tertiary alicyclic amines) is 1. The van der Waals surface area contributed by atoms with Gasteiger partial charge in [-0.05, 0) is 68.7 Å². The largest absolute Gasteiger partial charge is 0.365 e. The van der Waals surface area contributed by atoms with Crippen LogP contribution in [0.4, 0.5) is 5.82 Å². The van der Waals surface area contributed by atoms with Crippen LogP contribution in [-0.2, 0) is 14.4 Å². The fourth-order valence-electron chi connectivity index (χ4n) is 5.05. The average Bonchev–Trinajstić information content (AvgIpc) is 2.84. The van der Waals surface area contributed by atoms with Crippen molar-refractivity contribution in [3.8, 4) is 0 Å². The molecule has 1 aromatic heterocycles. The lowest BCUT2D eigenvalue weighted by molar-refractivity contribution is -0.198. The Labute approximate surface area is 202 Å². The van der Waals surface area contributed by atoms with Gasteiger partial charge in [-0.15, -0.1) is 0 Å². The van der Waals surface area contributed by atoms with Gasteiger partial charge in [-0.3, -0.25) is 4.79 Å². The number of piperidine rings is 1. The quantitative estimate of drug-likeness (QED) is 0.415. The number of nitrogens with zero attached hydrogens (tertiary/aromatic N) is 2. The van der Waals surface area contributed by atoms with Crippen LogP contribution in [0.25, 0.3) is 6.08 Å². The molecule has 182 valence electrons. The van der Waals surface area contributed by atoms with Gasteiger partial charge >= 0.3 is 0 Å². The number of hydrogen-bond donors (Lipinski definition) is 2. The third kappa shape index (κ3) is 7.95. The van der Waals surface area contributed by atoms with Crippen LogP contribution in [-0.4, -0.2) is 54.4 Å². The summed E-state index contributed by atoms with van der Waals surface area (Å²) in [6, 6.07) is 2.19. The number of anilines is 1. The summed E-state index contributed by atoms with van der Waals surface area (Å²) in [6.07, 6.45) is 16.6. The number of halogens is 1. The van der Waals surface area contributed by atoms with E-state index in [-0.39, 0.29) is 12.2 Å². The van der Waals surface area contributed by atoms with Crippen LogP contribution >= 0.6 is 11.6 Å². The van der Waals surface area contributed by atoms with Gasteiger partial charge < -0.3 is 15.0 Å². The van der Waals surface area contributed by atoms with E-state index in [4.69, 9.17) is 21.2 Å². The molecular formula is C25H37ClN4O3. The molecule has 2 saturated heterocycles. The number of ether oxygens (including phenoxy) is 1. The lowest BCUT2D eigenvalue weighted by Crippen LogP contribution is -2.44. The molecule has 2 atom stereocenters. The second-order valence-electron chi connectivity index (χ2n) is 9.56. The molecule has 8 heteroatoms. The van der Waals surface area contributed by atoms with Gasteiger partial charge in [-0.1, -0.05) is 30.9 Å². The molecule has 3 fully saturated rings. The maximum Gasteiger partial charge on any atom is 0.267 e. The first-order valence-corrected chi connectivity index (χ1v) is 12.9. The normalized spacial score (nSPS) is 25.2. The Hall–Kier alpha value is -1.67. The molecule has 1 aliphatic carbocycles. The number of amides is 1. The summed E-state index contributed by atoms with van der Waals surface area (Å²) in [5, 5.41) is 4.11. The molecule has 0 bridgehead atoms. The number of hydrogen-bond acceptors (Lipinski definition) is 6. The first-order valence-electron chi connectivity index (χ1n) is 12.6. The zero-order chi connectivity index (χ0) is 22.9. The van der Waals surface area contributed by atoms with Gasteiger partial charge in [0.2, 0.25) is 0 Å². The molecule has 7 nitrogen and oxygen atoms in total. The monoisotopic (exact) mass is 476 g/mol. The summed E-state index contributed by atoms with van der Waals surface area (Å²) in [5.41, 5.74) is 3.18. The Kier molecular flexibility index (Phi) is 9.41. The van der Waals surface area contributed by atoms with Crippen LogP contribution in [0.3, 0.4) is 0 Å². The van der Waals surface area contributed by atoms with Gasteiger partial charge in [0.1, 0.15) is 5.82 Å². The van der Waals surface area contributed by atoms with Crippen LogP contribution < -0.4 is 10.8 Å². The van der Waals surface area contributed by atoms with Crippen molar-refractivity contribution in [2.75, 3.05) is 31.6 Å². The van der Waals surface area contributed by atoms with E-state index in [0.29, 0.717) is 23.5 Å². The highest BCUT2D eigenvalue weighted by atomic mass is 35.5. The van der Waals surface area contributed by atoms with Gasteiger partial charge in [-0.2, -0.15) is 0 Å².